The highest BCUT2D eigenvalue weighted by atomic mass is 28.3. The van der Waals surface area contributed by atoms with Crippen molar-refractivity contribution in [1.29, 1.82) is 0 Å². The van der Waals surface area contributed by atoms with Gasteiger partial charge < -0.3 is 9.13 Å². The van der Waals surface area contributed by atoms with Gasteiger partial charge >= 0.3 is 0 Å². The highest BCUT2D eigenvalue weighted by Gasteiger charge is 2.43. The fourth-order valence-corrected chi connectivity index (χ4v) is 10.9. The van der Waals surface area contributed by atoms with E-state index in [0.29, 0.717) is 28.8 Å². The summed E-state index contributed by atoms with van der Waals surface area (Å²) in [5, 5.41) is 0. The normalized spacial score (nSPS) is 14.3. The summed E-state index contributed by atoms with van der Waals surface area (Å²) in [7, 11) is -1.15. The van der Waals surface area contributed by atoms with Crippen molar-refractivity contribution < 1.29 is 0 Å². The average molecular weight is 329 g/mol. The molecule has 0 amide bonds. The number of hydrogen-bond donors (Lipinski definition) is 0. The van der Waals surface area contributed by atoms with Gasteiger partial charge in [-0.05, 0) is 28.8 Å². The lowest BCUT2D eigenvalue weighted by Crippen LogP contribution is -2.60. The molecule has 0 heterocycles. The van der Waals surface area contributed by atoms with Crippen LogP contribution in [0.5, 0.6) is 0 Å². The second-order valence-electron chi connectivity index (χ2n) is 7.99. The van der Waals surface area contributed by atoms with Crippen molar-refractivity contribution in [3.8, 4) is 0 Å². The highest BCUT2D eigenvalue weighted by Crippen LogP contribution is 2.37. The third kappa shape index (κ3) is 5.19. The van der Waals surface area contributed by atoms with Gasteiger partial charge in [0.1, 0.15) is 17.9 Å². The quantitative estimate of drug-likeness (QED) is 0.591. The molecule has 0 aromatic heterocycles. The molecule has 0 fully saturated rings. The summed E-state index contributed by atoms with van der Waals surface area (Å²) in [5.41, 5.74) is 0. The molecule has 0 unspecified atom stereocenters. The van der Waals surface area contributed by atoms with E-state index in [0.717, 1.165) is 0 Å². The van der Waals surface area contributed by atoms with Crippen LogP contribution in [0.3, 0.4) is 0 Å². The number of nitrogens with zero attached hydrogens (tertiary/aromatic N) is 2. The predicted molar refractivity (Wildman–Crippen MR) is 101 cm³/mol. The zero-order valence-electron chi connectivity index (χ0n) is 16.7. The molecule has 0 aliphatic rings. The van der Waals surface area contributed by atoms with Crippen LogP contribution >= 0.6 is 0 Å². The summed E-state index contributed by atoms with van der Waals surface area (Å²) < 4.78 is 6.02. The fourth-order valence-electron chi connectivity index (χ4n) is 3.65. The molecule has 126 valence electrons. The zero-order valence-corrected chi connectivity index (χ0v) is 18.7. The average Bonchev–Trinajstić information content (AvgIpc) is 2.26. The first-order valence-electron chi connectivity index (χ1n) is 8.60. The minimum absolute atomic E-state index is 0.443. The molecular weight excluding hydrogens is 288 g/mol. The van der Waals surface area contributed by atoms with E-state index < -0.39 is 17.9 Å². The van der Waals surface area contributed by atoms with Gasteiger partial charge in [0.15, 0.2) is 0 Å². The Morgan fingerprint density at radius 2 is 0.762 bits per heavy atom. The van der Waals surface area contributed by atoms with Crippen LogP contribution in [0.2, 0.25) is 17.8 Å². The molecule has 0 aliphatic heterocycles. The van der Waals surface area contributed by atoms with Crippen LogP contribution in [0, 0.1) is 0 Å². The van der Waals surface area contributed by atoms with Gasteiger partial charge in [-0.15, -0.1) is 0 Å². The van der Waals surface area contributed by atoms with Gasteiger partial charge in [0.25, 0.3) is 0 Å². The minimum atomic E-state index is -0.576. The Labute approximate surface area is 138 Å². The van der Waals surface area contributed by atoms with Gasteiger partial charge in [-0.3, -0.25) is 0 Å². The molecule has 0 N–H and O–H groups in total. The lowest BCUT2D eigenvalue weighted by molar-refractivity contribution is 0.283. The highest BCUT2D eigenvalue weighted by molar-refractivity contribution is 6.78. The molecule has 21 heavy (non-hydrogen) atoms. The molecule has 0 aromatic rings. The van der Waals surface area contributed by atoms with Crippen LogP contribution in [-0.4, -0.2) is 51.2 Å². The van der Waals surface area contributed by atoms with E-state index in [9.17, 15) is 0 Å². The Morgan fingerprint density at radius 1 is 0.571 bits per heavy atom. The monoisotopic (exact) mass is 328 g/mol. The Hall–Kier alpha value is 0.354. The topological polar surface area (TPSA) is 6.48 Å². The molecule has 4 heteroatoms. The van der Waals surface area contributed by atoms with Gasteiger partial charge in [-0.2, -0.15) is 0 Å². The summed E-state index contributed by atoms with van der Waals surface area (Å²) in [6.07, 6.45) is 0. The lowest BCUT2D eigenvalue weighted by atomic mass is 10.3. The van der Waals surface area contributed by atoms with Gasteiger partial charge in [-0.25, -0.2) is 0 Å². The number of rotatable bonds is 8. The largest absolute Gasteiger partial charge is 0.320 e. The maximum Gasteiger partial charge on any atom is 0.137 e. The molecule has 0 aliphatic carbocycles. The number of hydrogen-bond acceptors (Lipinski definition) is 2. The summed E-state index contributed by atoms with van der Waals surface area (Å²) in [5.74, 6) is 0. The third-order valence-corrected chi connectivity index (χ3v) is 14.2. The minimum Gasteiger partial charge on any atom is -0.320 e. The smallest absolute Gasteiger partial charge is 0.137 e. The SMILES string of the molecule is CC(C)N(C(C)C)[Si](C)C(C)(C)[Si](C)N(C(C)C)C(C)C. The molecular formula is C17H40N2Si2. The van der Waals surface area contributed by atoms with Crippen LogP contribution in [0.25, 0.3) is 0 Å². The molecule has 2 radical (unpaired) electrons. The fraction of sp³-hybridized carbons (Fsp3) is 1.00. The van der Waals surface area contributed by atoms with E-state index in [1.165, 1.54) is 0 Å². The van der Waals surface area contributed by atoms with Gasteiger partial charge in [0.2, 0.25) is 0 Å². The summed E-state index contributed by atoms with van der Waals surface area (Å²) in [4.78, 5) is 0. The van der Waals surface area contributed by atoms with E-state index in [-0.39, 0.29) is 0 Å². The van der Waals surface area contributed by atoms with Crippen molar-refractivity contribution in [2.45, 2.75) is 111 Å². The second kappa shape index (κ2) is 8.27. The molecule has 0 spiro atoms. The van der Waals surface area contributed by atoms with E-state index in [1.54, 1.807) is 0 Å². The molecule has 0 aromatic carbocycles. The third-order valence-electron chi connectivity index (χ3n) is 4.81. The van der Waals surface area contributed by atoms with Crippen LogP contribution in [0.4, 0.5) is 0 Å². The van der Waals surface area contributed by atoms with Crippen molar-refractivity contribution in [2.75, 3.05) is 0 Å². The maximum absolute atomic E-state index is 2.79. The Morgan fingerprint density at radius 3 is 0.905 bits per heavy atom. The molecule has 0 saturated heterocycles. The van der Waals surface area contributed by atoms with Crippen LogP contribution in [-0.2, 0) is 0 Å². The van der Waals surface area contributed by atoms with E-state index in [4.69, 9.17) is 0 Å². The first-order chi connectivity index (χ1) is 9.35. The van der Waals surface area contributed by atoms with Crippen molar-refractivity contribution in [3.05, 3.63) is 0 Å². The van der Waals surface area contributed by atoms with Crippen LogP contribution in [0.15, 0.2) is 0 Å². The van der Waals surface area contributed by atoms with E-state index in [1.807, 2.05) is 0 Å². The van der Waals surface area contributed by atoms with E-state index in [2.05, 4.69) is 91.5 Å². The second-order valence-corrected chi connectivity index (χ2v) is 14.4. The Balaban J connectivity index is 5.42. The van der Waals surface area contributed by atoms with E-state index >= 15 is 0 Å². The van der Waals surface area contributed by atoms with Gasteiger partial charge in [0, 0.05) is 0 Å². The van der Waals surface area contributed by atoms with Gasteiger partial charge in [0.05, 0.1) is 0 Å². The lowest BCUT2D eigenvalue weighted by Gasteiger charge is -2.50. The summed E-state index contributed by atoms with van der Waals surface area (Å²) >= 11 is 0. The zero-order chi connectivity index (χ0) is 17.1. The maximum atomic E-state index is 2.79. The summed E-state index contributed by atoms with van der Waals surface area (Å²) in [6.45, 7) is 29.0. The molecule has 0 saturated carbocycles. The first kappa shape index (κ1) is 21.4. The van der Waals surface area contributed by atoms with Crippen LogP contribution in [0.1, 0.15) is 69.2 Å². The molecule has 0 atom stereocenters. The van der Waals surface area contributed by atoms with Crippen molar-refractivity contribution >= 4 is 17.9 Å². The molecule has 0 bridgehead atoms. The Bertz CT molecular complexity index is 257. The predicted octanol–water partition coefficient (Wildman–Crippen LogP) is 4.79. The standard InChI is InChI=1S/C17H40N2Si2/c1-13(2)18(14(3)4)20(11)17(9,10)21(12)19(15(5)6)16(7)8/h13-16H,1-12H3. The summed E-state index contributed by atoms with van der Waals surface area (Å²) in [6, 6.07) is 2.57. The van der Waals surface area contributed by atoms with Crippen molar-refractivity contribution in [3.63, 3.8) is 0 Å². The molecule has 2 nitrogen and oxygen atoms in total. The van der Waals surface area contributed by atoms with Crippen molar-refractivity contribution in [1.82, 2.24) is 9.13 Å². The van der Waals surface area contributed by atoms with Crippen molar-refractivity contribution in [2.24, 2.45) is 0 Å². The van der Waals surface area contributed by atoms with Crippen LogP contribution < -0.4 is 0 Å². The van der Waals surface area contributed by atoms with Gasteiger partial charge in [-0.1, -0.05) is 82.3 Å². The first-order valence-corrected chi connectivity index (χ1v) is 12.5. The Kier molecular flexibility index (Phi) is 8.41. The molecule has 0 rings (SSSR count).